The first-order chi connectivity index (χ1) is 54.3. The summed E-state index contributed by atoms with van der Waals surface area (Å²) in [5, 5.41) is 9.33. The Balaban J connectivity index is 0.000000216. The molecule has 0 saturated carbocycles. The summed E-state index contributed by atoms with van der Waals surface area (Å²) in [6.07, 6.45) is 1.07. The van der Waals surface area contributed by atoms with Gasteiger partial charge in [-0.15, -0.1) is 18.2 Å². The van der Waals surface area contributed by atoms with Crippen LogP contribution in [0.4, 0.5) is 77.5 Å². The van der Waals surface area contributed by atoms with Crippen LogP contribution in [0.3, 0.4) is 0 Å². The van der Waals surface area contributed by atoms with E-state index in [1.807, 2.05) is 146 Å². The molecule has 15 aromatic rings. The number of para-hydroxylation sites is 3. The van der Waals surface area contributed by atoms with E-state index in [9.17, 15) is 17.6 Å². The van der Waals surface area contributed by atoms with Crippen molar-refractivity contribution in [1.29, 1.82) is 0 Å². The Kier molecular flexibility index (Phi) is 25.1. The van der Waals surface area contributed by atoms with Crippen molar-refractivity contribution in [2.24, 2.45) is 0 Å². The van der Waals surface area contributed by atoms with Crippen molar-refractivity contribution in [3.8, 4) is 51.0 Å². The third-order valence-corrected chi connectivity index (χ3v) is 20.1. The molecule has 0 saturated heterocycles. The van der Waals surface area contributed by atoms with Gasteiger partial charge in [-0.3, -0.25) is 15.0 Å². The van der Waals surface area contributed by atoms with Crippen molar-refractivity contribution >= 4 is 51.2 Å². The standard InChI is InChI=1S/C56H48FN7.C38H31F5N6.2Pt/c1-38-24-28-43(29-25-38)63(41-19-12-8-13-20-41)45-33-49(47-23-16-32-58-54(47)57)59-52(35-45)56(5,6)53-36-46(34-50(60-53)51-37-48(61-62-51)39-17-10-7-11-18-39)64(42-21-14-9-15-22-42)44-30-26-40(27-31-44)55(2,3)4;1-5-24(2)25-14-16-27(17-15-25)49(26-10-7-6-8-11-26)28-22-30(29-18-19-33(39)47-35(29)40)45-32(23-28)37(3,4)31-12-9-13-34(46-31)48-21-20-44-36(48)38(41,42)43;;/h7-22,24-37H,1-6H3;6-17,19-20,22-24H,5H2,1-4H3;;/q2*-2;2*+2. The second kappa shape index (κ2) is 34.9. The minimum atomic E-state index is -4.73. The van der Waals surface area contributed by atoms with Gasteiger partial charge in [-0.25, -0.2) is 13.2 Å². The Labute approximate surface area is 694 Å². The van der Waals surface area contributed by atoms with Gasteiger partial charge in [0.15, 0.2) is 0 Å². The first kappa shape index (κ1) is 82.7. The van der Waals surface area contributed by atoms with E-state index in [4.69, 9.17) is 20.1 Å². The molecule has 0 amide bonds. The predicted octanol–water partition coefficient (Wildman–Crippen LogP) is 24.0. The van der Waals surface area contributed by atoms with Crippen molar-refractivity contribution in [2.75, 3.05) is 14.7 Å². The van der Waals surface area contributed by atoms with Gasteiger partial charge >= 0.3 is 48.3 Å². The van der Waals surface area contributed by atoms with E-state index in [1.165, 1.54) is 23.4 Å². The van der Waals surface area contributed by atoms with Crippen LogP contribution in [0, 0.1) is 43.1 Å². The fourth-order valence-corrected chi connectivity index (χ4v) is 13.4. The van der Waals surface area contributed by atoms with Gasteiger partial charge in [-0.1, -0.05) is 221 Å². The number of anilines is 9. The zero-order valence-electron chi connectivity index (χ0n) is 64.6. The summed E-state index contributed by atoms with van der Waals surface area (Å²) >= 11 is 0. The molecule has 0 aliphatic rings. The third kappa shape index (κ3) is 18.2. The van der Waals surface area contributed by atoms with Gasteiger partial charge in [0.2, 0.25) is 0 Å². The van der Waals surface area contributed by atoms with Gasteiger partial charge in [-0.2, -0.15) is 13.2 Å². The van der Waals surface area contributed by atoms with E-state index in [0.29, 0.717) is 45.8 Å². The van der Waals surface area contributed by atoms with E-state index in [0.717, 1.165) is 91.3 Å². The number of halogens is 6. The van der Waals surface area contributed by atoms with E-state index in [2.05, 4.69) is 212 Å². The van der Waals surface area contributed by atoms with Gasteiger partial charge in [0.25, 0.3) is 0 Å². The molecule has 0 spiro atoms. The maximum absolute atomic E-state index is 15.7. The zero-order chi connectivity index (χ0) is 79.3. The Morgan fingerprint density at radius 2 is 0.913 bits per heavy atom. The fraction of sp³-hybridized carbons (Fsp3) is 0.170. The van der Waals surface area contributed by atoms with Crippen LogP contribution in [0.1, 0.15) is 120 Å². The number of hydrogen-bond acceptors (Lipinski definition) is 11. The number of benzene rings is 7. The Bertz CT molecular complexity index is 5810. The fourth-order valence-electron chi connectivity index (χ4n) is 13.4. The van der Waals surface area contributed by atoms with Crippen molar-refractivity contribution in [1.82, 2.24) is 49.7 Å². The topological polar surface area (TPSA) is 132 Å². The van der Waals surface area contributed by atoms with Gasteiger partial charge < -0.3 is 49.4 Å². The van der Waals surface area contributed by atoms with Gasteiger partial charge in [0, 0.05) is 84.9 Å². The van der Waals surface area contributed by atoms with Crippen LogP contribution < -0.4 is 19.8 Å². The van der Waals surface area contributed by atoms with Crippen LogP contribution in [-0.2, 0) is 64.6 Å². The number of pyridine rings is 6. The number of nitrogens with zero attached hydrogens (tertiary/aromatic N) is 13. The Hall–Kier alpha value is -11.8. The quantitative estimate of drug-likeness (QED) is 0.0409. The molecule has 21 heteroatoms. The number of alkyl halides is 3. The Morgan fingerprint density at radius 1 is 0.452 bits per heavy atom. The normalized spacial score (nSPS) is 11.9. The van der Waals surface area contributed by atoms with Crippen LogP contribution in [0.5, 0.6) is 0 Å². The van der Waals surface area contributed by atoms with Crippen LogP contribution in [0.15, 0.2) is 279 Å². The maximum atomic E-state index is 15.7. The molecule has 13 nitrogen and oxygen atoms in total. The summed E-state index contributed by atoms with van der Waals surface area (Å²) in [4.78, 5) is 37.2. The molecule has 1 unspecified atom stereocenters. The first-order valence-electron chi connectivity index (χ1n) is 37.0. The van der Waals surface area contributed by atoms with Gasteiger partial charge in [0.1, 0.15) is 23.7 Å². The molecule has 0 bridgehead atoms. The molecule has 0 radical (unpaired) electrons. The molecule has 115 heavy (non-hydrogen) atoms. The summed E-state index contributed by atoms with van der Waals surface area (Å²) in [7, 11) is 0. The van der Waals surface area contributed by atoms with Crippen molar-refractivity contribution in [3.05, 3.63) is 361 Å². The number of aromatic nitrogens is 10. The van der Waals surface area contributed by atoms with Crippen LogP contribution in [0.2, 0.25) is 0 Å². The monoisotopic (exact) mass is 1890 g/mol. The zero-order valence-corrected chi connectivity index (χ0v) is 69.1. The molecule has 1 atom stereocenters. The molecule has 15 rings (SSSR count). The summed E-state index contributed by atoms with van der Waals surface area (Å²) in [6, 6.07) is 92.0. The van der Waals surface area contributed by atoms with Crippen LogP contribution >= 0.6 is 0 Å². The molecule has 0 N–H and O–H groups in total. The number of aryl methyl sites for hydroxylation is 1. The number of rotatable bonds is 20. The third-order valence-electron chi connectivity index (χ3n) is 20.1. The average molecular weight is 1890 g/mol. The predicted molar refractivity (Wildman–Crippen MR) is 434 cm³/mol. The largest absolute Gasteiger partial charge is 2.00 e. The van der Waals surface area contributed by atoms with Crippen molar-refractivity contribution in [3.63, 3.8) is 0 Å². The molecular formula is C94H79F6N13Pt2. The van der Waals surface area contributed by atoms with Gasteiger partial charge in [-0.05, 0) is 196 Å². The summed E-state index contributed by atoms with van der Waals surface area (Å²) in [6.45, 7) is 20.9. The van der Waals surface area contributed by atoms with Crippen molar-refractivity contribution in [2.45, 2.75) is 104 Å². The molecular weight excluding hydrogens is 1820 g/mol. The average Bonchev–Trinajstić information content (AvgIpc) is 1.37. The summed E-state index contributed by atoms with van der Waals surface area (Å²) < 4.78 is 86.7. The van der Waals surface area contributed by atoms with E-state index >= 15 is 8.78 Å². The molecule has 8 heterocycles. The molecule has 0 aliphatic heterocycles. The minimum absolute atomic E-state index is 0. The maximum Gasteiger partial charge on any atom is 2.00 e. The Morgan fingerprint density at radius 3 is 1.40 bits per heavy atom. The molecule has 0 aliphatic carbocycles. The van der Waals surface area contributed by atoms with Crippen molar-refractivity contribution < 1.29 is 68.5 Å². The molecule has 8 aromatic heterocycles. The second-order valence-corrected chi connectivity index (χ2v) is 29.6. The van der Waals surface area contributed by atoms with E-state index in [-0.39, 0.29) is 70.2 Å². The smallest absolute Gasteiger partial charge is 0.573 e. The molecule has 0 fully saturated rings. The number of hydrogen-bond donors (Lipinski definition) is 0. The van der Waals surface area contributed by atoms with Gasteiger partial charge in [0.05, 0.1) is 17.1 Å². The van der Waals surface area contributed by atoms with E-state index in [1.54, 1.807) is 24.3 Å². The first-order valence-corrected chi connectivity index (χ1v) is 37.0. The molecule has 7 aromatic carbocycles. The minimum Gasteiger partial charge on any atom is -0.573 e. The summed E-state index contributed by atoms with van der Waals surface area (Å²) in [5.41, 5.74) is 15.1. The SMILES string of the molecule is CCC(C)c1ccc(N(c2ccccc2)c2cc(-c3[c-]cc(F)nc3F)nc(C(C)(C)c3cccc(-n4[c-]cnc4C(F)(F)F)n3)c2)cc1.Cc1ccc(N(c2ccccc2)c2cc(-c3[c-]ccnc3F)nc(C(C)(C)c3cc(N(c4ccccc4)c4ccc(C(C)(C)C)cc4)cc(-c4cc(-c5ccccc5)n[n-]4)n3)c2)cc1.[Pt+2].[Pt+2]. The second-order valence-electron chi connectivity index (χ2n) is 29.6. The van der Waals surface area contributed by atoms with E-state index < -0.39 is 40.7 Å². The van der Waals surface area contributed by atoms with Crippen LogP contribution in [-0.4, -0.2) is 44.6 Å². The summed E-state index contributed by atoms with van der Waals surface area (Å²) in [5.74, 6) is -3.61. The number of imidazole rings is 1. The van der Waals surface area contributed by atoms with Crippen LogP contribution in [0.25, 0.3) is 51.0 Å². The molecule has 582 valence electrons.